The topological polar surface area (TPSA) is 91.7 Å². The monoisotopic (exact) mass is 895 g/mol. The van der Waals surface area contributed by atoms with Crippen LogP contribution in [0.25, 0.3) is 0 Å². The molecule has 2 N–H and O–H groups in total. The summed E-state index contributed by atoms with van der Waals surface area (Å²) in [6.45, 7) is 21.5. The van der Waals surface area contributed by atoms with Gasteiger partial charge in [0.2, 0.25) is 0 Å². The predicted octanol–water partition coefficient (Wildman–Crippen LogP) is 14.3. The Labute approximate surface area is 392 Å². The molecule has 0 bridgehead atoms. The van der Waals surface area contributed by atoms with Crippen LogP contribution in [0.5, 0.6) is 0 Å². The summed E-state index contributed by atoms with van der Waals surface area (Å²) in [7, 11) is -1.82. The van der Waals surface area contributed by atoms with Crippen molar-refractivity contribution >= 4 is 41.4 Å². The van der Waals surface area contributed by atoms with Crippen molar-refractivity contribution in [1.29, 1.82) is 0 Å². The van der Waals surface area contributed by atoms with Crippen LogP contribution in [0.1, 0.15) is 108 Å². The highest BCUT2D eigenvalue weighted by Gasteiger charge is 2.44. The fourth-order valence-electron chi connectivity index (χ4n) is 8.49. The van der Waals surface area contributed by atoms with Crippen LogP contribution < -0.4 is 15.9 Å². The van der Waals surface area contributed by atoms with Gasteiger partial charge in [0, 0.05) is 12.2 Å². The first-order valence-electron chi connectivity index (χ1n) is 22.4. The number of allylic oxidation sites excluding steroid dienone is 16. The average Bonchev–Trinajstić information content (AvgIpc) is 3.24. The second-order valence-corrected chi connectivity index (χ2v) is 21.9. The lowest BCUT2D eigenvalue weighted by molar-refractivity contribution is -0.132. The predicted molar refractivity (Wildman–Crippen MR) is 281 cm³/mol. The summed E-state index contributed by atoms with van der Waals surface area (Å²) >= 11 is 0. The number of aliphatic carboxylic acids is 2. The smallest absolute Gasteiger partial charge is 0.328 e. The van der Waals surface area contributed by atoms with E-state index in [1.165, 1.54) is 89.7 Å². The second-order valence-electron chi connectivity index (χ2n) is 18.3. The number of carbonyl (C=O) groups is 3. The third-order valence-electron chi connectivity index (χ3n) is 12.0. The molecule has 5 rings (SSSR count). The molecule has 0 fully saturated rings. The van der Waals surface area contributed by atoms with E-state index in [0.717, 1.165) is 23.4 Å². The lowest BCUT2D eigenvalue weighted by atomic mass is 9.72. The van der Waals surface area contributed by atoms with Crippen molar-refractivity contribution < 1.29 is 24.6 Å². The fraction of sp³-hybridized carbons (Fsp3) is 0.322. The Bertz CT molecular complexity index is 2210. The van der Waals surface area contributed by atoms with Gasteiger partial charge in [-0.05, 0) is 156 Å². The summed E-state index contributed by atoms with van der Waals surface area (Å²) < 4.78 is 0. The Morgan fingerprint density at radius 1 is 0.585 bits per heavy atom. The lowest BCUT2D eigenvalue weighted by Crippen LogP contribution is -2.33. The van der Waals surface area contributed by atoms with Crippen LogP contribution in [0.3, 0.4) is 0 Å². The minimum atomic E-state index is -1.82. The van der Waals surface area contributed by atoms with E-state index in [2.05, 4.69) is 177 Å². The first-order chi connectivity index (χ1) is 30.3. The van der Waals surface area contributed by atoms with Crippen LogP contribution in [-0.2, 0) is 14.4 Å². The minimum absolute atomic E-state index is 0. The number of rotatable bonds is 14. The third kappa shape index (κ3) is 17.7. The van der Waals surface area contributed by atoms with Crippen molar-refractivity contribution in [1.82, 2.24) is 0 Å². The minimum Gasteiger partial charge on any atom is -0.478 e. The molecule has 346 valence electrons. The van der Waals surface area contributed by atoms with Crippen molar-refractivity contribution in [2.45, 2.75) is 108 Å². The SMILES string of the molecule is C/C(C=O)=C/C(=O)O.CC1=C(/C=C/C(C)=C/C=C/C(C)=C\C(=O)O)C(C)(C)CCC1.CC1=C(/C=C/C(C)=C/C[P+](c2ccccc2)(c2ccccc2)c2ccccc2)C(C)(C)CCC1.[CH3-]. The quantitative estimate of drug-likeness (QED) is 0.0553. The van der Waals surface area contributed by atoms with Gasteiger partial charge >= 0.3 is 11.9 Å². The normalized spacial score (nSPS) is 17.0. The first-order valence-corrected chi connectivity index (χ1v) is 24.4. The van der Waals surface area contributed by atoms with Gasteiger partial charge in [0.15, 0.2) is 0 Å². The summed E-state index contributed by atoms with van der Waals surface area (Å²) in [4.78, 5) is 30.0. The zero-order valence-electron chi connectivity index (χ0n) is 41.0. The largest absolute Gasteiger partial charge is 0.478 e. The Kier molecular flexibility index (Phi) is 23.0. The first kappa shape index (κ1) is 55.5. The molecule has 3 aromatic rings. The van der Waals surface area contributed by atoms with Crippen molar-refractivity contribution in [2.75, 3.05) is 6.16 Å². The number of benzene rings is 3. The molecule has 5 nitrogen and oxygen atoms in total. The number of carboxylic acids is 2. The molecular weight excluding hydrogens is 820 g/mol. The fourth-order valence-corrected chi connectivity index (χ4v) is 12.6. The molecule has 0 saturated carbocycles. The highest BCUT2D eigenvalue weighted by Crippen LogP contribution is 2.55. The van der Waals surface area contributed by atoms with E-state index in [4.69, 9.17) is 10.2 Å². The van der Waals surface area contributed by atoms with Crippen LogP contribution >= 0.6 is 7.26 Å². The highest BCUT2D eigenvalue weighted by atomic mass is 31.2. The summed E-state index contributed by atoms with van der Waals surface area (Å²) in [5, 5.41) is 20.9. The Balaban J connectivity index is 0.000000402. The molecule has 0 saturated heterocycles. The summed E-state index contributed by atoms with van der Waals surface area (Å²) in [6, 6.07) is 33.4. The molecule has 0 atom stereocenters. The molecule has 6 heteroatoms. The molecule has 2 aliphatic rings. The van der Waals surface area contributed by atoms with Crippen LogP contribution in [0.4, 0.5) is 0 Å². The van der Waals surface area contributed by atoms with Crippen molar-refractivity contribution in [3.63, 3.8) is 0 Å². The number of hydrogen-bond acceptors (Lipinski definition) is 3. The van der Waals surface area contributed by atoms with Crippen molar-refractivity contribution in [3.05, 3.63) is 204 Å². The van der Waals surface area contributed by atoms with E-state index in [-0.39, 0.29) is 23.8 Å². The number of hydrogen-bond donors (Lipinski definition) is 2. The average molecular weight is 895 g/mol. The second kappa shape index (κ2) is 27.0. The number of aldehydes is 1. The van der Waals surface area contributed by atoms with Crippen molar-refractivity contribution in [2.24, 2.45) is 10.8 Å². The van der Waals surface area contributed by atoms with Gasteiger partial charge in [-0.25, -0.2) is 9.59 Å². The van der Waals surface area contributed by atoms with Gasteiger partial charge in [0.05, 0.1) is 6.16 Å². The number of carbonyl (C=O) groups excluding carboxylic acids is 1. The molecule has 0 heterocycles. The van der Waals surface area contributed by atoms with E-state index in [1.54, 1.807) is 18.6 Å². The van der Waals surface area contributed by atoms with E-state index >= 15 is 0 Å². The van der Waals surface area contributed by atoms with E-state index in [9.17, 15) is 14.4 Å². The van der Waals surface area contributed by atoms with Gasteiger partial charge in [-0.15, -0.1) is 0 Å². The molecule has 0 unspecified atom stereocenters. The lowest BCUT2D eigenvalue weighted by Gasteiger charge is -2.33. The molecule has 0 spiro atoms. The molecule has 0 amide bonds. The van der Waals surface area contributed by atoms with E-state index in [0.29, 0.717) is 6.29 Å². The van der Waals surface area contributed by atoms with Gasteiger partial charge in [-0.2, -0.15) is 0 Å². The highest BCUT2D eigenvalue weighted by molar-refractivity contribution is 7.95. The number of carboxylic acid groups (broad SMARTS) is 2. The van der Waals surface area contributed by atoms with Crippen LogP contribution in [-0.4, -0.2) is 34.6 Å². The van der Waals surface area contributed by atoms with Crippen LogP contribution in [0.15, 0.2) is 196 Å². The van der Waals surface area contributed by atoms with Crippen molar-refractivity contribution in [3.8, 4) is 0 Å². The van der Waals surface area contributed by atoms with Gasteiger partial charge < -0.3 is 17.6 Å². The Morgan fingerprint density at radius 3 is 1.32 bits per heavy atom. The van der Waals surface area contributed by atoms with Gasteiger partial charge in [0.1, 0.15) is 29.5 Å². The Morgan fingerprint density at radius 2 is 0.969 bits per heavy atom. The van der Waals surface area contributed by atoms with Gasteiger partial charge in [-0.1, -0.05) is 147 Å². The summed E-state index contributed by atoms with van der Waals surface area (Å²) in [5.74, 6) is -2.00. The molecule has 65 heavy (non-hydrogen) atoms. The van der Waals surface area contributed by atoms with Crippen LogP contribution in [0.2, 0.25) is 0 Å². The summed E-state index contributed by atoms with van der Waals surface area (Å²) in [6.07, 6.45) is 28.4. The van der Waals surface area contributed by atoms with E-state index in [1.807, 2.05) is 12.2 Å². The maximum absolute atomic E-state index is 10.5. The maximum atomic E-state index is 10.5. The summed E-state index contributed by atoms with van der Waals surface area (Å²) in [5.41, 5.74) is 10.0. The zero-order chi connectivity index (χ0) is 47.3. The molecule has 0 aromatic heterocycles. The maximum Gasteiger partial charge on any atom is 0.328 e. The molecule has 2 aliphatic carbocycles. The molecule has 0 radical (unpaired) electrons. The standard InChI is InChI=1S/C33H38P.C20H28O2.C5H6O3.CH3/c1-27(22-23-32-28(2)15-14-25-33(32,3)4)24-26-34(29-16-8-5-9-17-29,30-18-10-6-11-19-30)31-20-12-7-13-21-31;1-15(8-6-9-16(2)14-19(21)22)11-12-18-17(3)10-7-13-20(18,4)5;1-4(3-6)2-5(7)8;/h5-13,16-24H,14-15,25-26H2,1-4H3;6,8-9,11-12,14H,7,10,13H2,1-5H3,(H,21,22);2-3H,1H3,(H,7,8);1H3/q+1;;;-1/b23-22+,27-24+;9-6+,12-11+,15-8+,16-14-;4-2-;. The third-order valence-corrected chi connectivity index (χ3v) is 16.3. The zero-order valence-corrected chi connectivity index (χ0v) is 41.9. The van der Waals surface area contributed by atoms with Gasteiger partial charge in [-0.3, -0.25) is 4.79 Å². The van der Waals surface area contributed by atoms with Crippen LogP contribution in [0, 0.1) is 18.3 Å². The Hall–Kier alpha value is -5.64. The van der Waals surface area contributed by atoms with E-state index < -0.39 is 19.2 Å². The molecular formula is C59H75O5P. The molecule has 3 aromatic carbocycles. The van der Waals surface area contributed by atoms with Gasteiger partial charge in [0.25, 0.3) is 0 Å². The molecule has 0 aliphatic heterocycles.